The van der Waals surface area contributed by atoms with E-state index in [4.69, 9.17) is 10.9 Å². The van der Waals surface area contributed by atoms with Crippen molar-refractivity contribution in [1.82, 2.24) is 5.06 Å². The zero-order chi connectivity index (χ0) is 10.4. The first-order chi connectivity index (χ1) is 5.97. The summed E-state index contributed by atoms with van der Waals surface area (Å²) in [5.74, 6) is -0.664. The molecule has 5 heteroatoms. The van der Waals surface area contributed by atoms with Gasteiger partial charge >= 0.3 is 0 Å². The second-order valence-electron chi connectivity index (χ2n) is 3.46. The minimum Gasteiger partial charge on any atom is -0.369 e. The Kier molecular flexibility index (Phi) is 5.06. The highest BCUT2D eigenvalue weighted by atomic mass is 16.5. The zero-order valence-corrected chi connectivity index (χ0v) is 7.93. The second kappa shape index (κ2) is 5.53. The Hall–Kier alpha value is -1.10. The van der Waals surface area contributed by atoms with Crippen LogP contribution in [0.2, 0.25) is 0 Å². The minimum absolute atomic E-state index is 0.0307. The van der Waals surface area contributed by atoms with Gasteiger partial charge in [-0.1, -0.05) is 13.8 Å². The number of amides is 2. The van der Waals surface area contributed by atoms with E-state index in [9.17, 15) is 9.59 Å². The van der Waals surface area contributed by atoms with Gasteiger partial charge < -0.3 is 5.73 Å². The number of hydrogen-bond acceptors (Lipinski definition) is 3. The molecule has 0 fully saturated rings. The fraction of sp³-hybridized carbons (Fsp3) is 0.750. The second-order valence-corrected chi connectivity index (χ2v) is 3.46. The summed E-state index contributed by atoms with van der Waals surface area (Å²) in [6.45, 7) is 3.86. The van der Waals surface area contributed by atoms with Gasteiger partial charge in [-0.3, -0.25) is 14.8 Å². The van der Waals surface area contributed by atoms with Crippen LogP contribution in [0.3, 0.4) is 0 Å². The van der Waals surface area contributed by atoms with E-state index in [0.29, 0.717) is 17.4 Å². The van der Waals surface area contributed by atoms with E-state index in [2.05, 4.69) is 0 Å². The van der Waals surface area contributed by atoms with Crippen molar-refractivity contribution >= 4 is 12.3 Å². The van der Waals surface area contributed by atoms with Gasteiger partial charge in [0.2, 0.25) is 12.3 Å². The van der Waals surface area contributed by atoms with Crippen LogP contribution in [0.25, 0.3) is 0 Å². The van der Waals surface area contributed by atoms with E-state index < -0.39 is 11.8 Å². The molecule has 0 heterocycles. The molecule has 0 radical (unpaired) electrons. The Balaban J connectivity index is 4.09. The van der Waals surface area contributed by atoms with Crippen LogP contribution >= 0.6 is 0 Å². The third-order valence-corrected chi connectivity index (χ3v) is 1.69. The summed E-state index contributed by atoms with van der Waals surface area (Å²) in [5.41, 5.74) is 5.10. The minimum atomic E-state index is -0.491. The van der Waals surface area contributed by atoms with Crippen molar-refractivity contribution in [2.45, 2.75) is 20.3 Å². The van der Waals surface area contributed by atoms with E-state index in [1.54, 1.807) is 0 Å². The van der Waals surface area contributed by atoms with Crippen molar-refractivity contribution in [1.29, 1.82) is 0 Å². The molecule has 76 valence electrons. The molecular formula is C8H16N2O3. The van der Waals surface area contributed by atoms with Crippen LogP contribution in [-0.4, -0.2) is 29.1 Å². The number of nitrogens with zero attached hydrogens (tertiary/aromatic N) is 1. The fourth-order valence-electron chi connectivity index (χ4n) is 1.12. The van der Waals surface area contributed by atoms with Gasteiger partial charge in [0.1, 0.15) is 0 Å². The number of carbonyl (C=O) groups excluding carboxylic acids is 2. The predicted molar refractivity (Wildman–Crippen MR) is 46.7 cm³/mol. The first-order valence-corrected chi connectivity index (χ1v) is 4.17. The summed E-state index contributed by atoms with van der Waals surface area (Å²) in [5, 5.41) is 9.29. The van der Waals surface area contributed by atoms with Crippen LogP contribution in [0, 0.1) is 11.8 Å². The number of carbonyl (C=O) groups is 2. The molecule has 0 bridgehead atoms. The predicted octanol–water partition coefficient (Wildman–Crippen LogP) is -0.0184. The number of hydroxylamine groups is 2. The van der Waals surface area contributed by atoms with Crippen LogP contribution in [0.1, 0.15) is 20.3 Å². The molecule has 5 nitrogen and oxygen atoms in total. The Morgan fingerprint density at radius 2 is 2.15 bits per heavy atom. The molecule has 2 amide bonds. The Morgan fingerprint density at radius 1 is 1.62 bits per heavy atom. The van der Waals surface area contributed by atoms with Gasteiger partial charge in [0.25, 0.3) is 0 Å². The largest absolute Gasteiger partial charge is 0.369 e. The summed E-state index contributed by atoms with van der Waals surface area (Å²) < 4.78 is 0. The Labute approximate surface area is 77.5 Å². The molecule has 0 saturated heterocycles. The van der Waals surface area contributed by atoms with Crippen molar-refractivity contribution in [3.05, 3.63) is 0 Å². The van der Waals surface area contributed by atoms with Gasteiger partial charge in [0.15, 0.2) is 0 Å². The third kappa shape index (κ3) is 5.19. The Bertz CT molecular complexity index is 182. The normalized spacial score (nSPS) is 12.6. The molecule has 0 spiro atoms. The van der Waals surface area contributed by atoms with Gasteiger partial charge in [-0.2, -0.15) is 0 Å². The summed E-state index contributed by atoms with van der Waals surface area (Å²) in [6.07, 6.45) is 0.830. The summed E-state index contributed by atoms with van der Waals surface area (Å²) in [7, 11) is 0. The third-order valence-electron chi connectivity index (χ3n) is 1.69. The van der Waals surface area contributed by atoms with E-state index in [-0.39, 0.29) is 13.0 Å². The maximum absolute atomic E-state index is 10.9. The molecule has 0 aromatic rings. The monoisotopic (exact) mass is 188 g/mol. The van der Waals surface area contributed by atoms with Crippen LogP contribution in [-0.2, 0) is 9.59 Å². The molecule has 0 aliphatic rings. The van der Waals surface area contributed by atoms with Gasteiger partial charge in [-0.05, 0) is 12.3 Å². The molecule has 0 aliphatic heterocycles. The van der Waals surface area contributed by atoms with E-state index in [1.807, 2.05) is 13.8 Å². The van der Waals surface area contributed by atoms with Gasteiger partial charge in [0.05, 0.1) is 12.5 Å². The molecular weight excluding hydrogens is 172 g/mol. The number of rotatable bonds is 6. The lowest BCUT2D eigenvalue weighted by Gasteiger charge is -2.18. The number of primary amides is 1. The van der Waals surface area contributed by atoms with E-state index in [0.717, 1.165) is 0 Å². The summed E-state index contributed by atoms with van der Waals surface area (Å²) >= 11 is 0. The lowest BCUT2D eigenvalue weighted by molar-refractivity contribution is -0.154. The maximum Gasteiger partial charge on any atom is 0.233 e. The lowest BCUT2D eigenvalue weighted by atomic mass is 9.96. The number of hydrogen-bond donors (Lipinski definition) is 2. The van der Waals surface area contributed by atoms with Crippen molar-refractivity contribution < 1.29 is 14.8 Å². The average molecular weight is 188 g/mol. The first-order valence-electron chi connectivity index (χ1n) is 4.17. The van der Waals surface area contributed by atoms with Crippen LogP contribution in [0.15, 0.2) is 0 Å². The summed E-state index contributed by atoms with van der Waals surface area (Å²) in [6, 6.07) is 0. The molecule has 3 N–H and O–H groups in total. The van der Waals surface area contributed by atoms with Gasteiger partial charge in [0, 0.05) is 0 Å². The van der Waals surface area contributed by atoms with E-state index in [1.165, 1.54) is 0 Å². The van der Waals surface area contributed by atoms with Crippen molar-refractivity contribution in [2.75, 3.05) is 6.54 Å². The number of nitrogens with two attached hydrogens (primary N) is 1. The smallest absolute Gasteiger partial charge is 0.233 e. The van der Waals surface area contributed by atoms with Crippen LogP contribution < -0.4 is 5.73 Å². The van der Waals surface area contributed by atoms with Crippen molar-refractivity contribution in [3.63, 3.8) is 0 Å². The SMILES string of the molecule is CC(C)C[C@@H](CN(O)C=O)C(N)=O. The maximum atomic E-state index is 10.9. The average Bonchev–Trinajstić information content (AvgIpc) is 2.02. The Morgan fingerprint density at radius 3 is 2.46 bits per heavy atom. The first kappa shape index (κ1) is 11.9. The highest BCUT2D eigenvalue weighted by Crippen LogP contribution is 2.11. The molecule has 0 aromatic heterocycles. The van der Waals surface area contributed by atoms with Gasteiger partial charge in [-0.25, -0.2) is 5.06 Å². The molecule has 0 aromatic carbocycles. The molecule has 0 unspecified atom stereocenters. The fourth-order valence-corrected chi connectivity index (χ4v) is 1.12. The van der Waals surface area contributed by atoms with Gasteiger partial charge in [-0.15, -0.1) is 0 Å². The molecule has 1 atom stereocenters. The van der Waals surface area contributed by atoms with Crippen molar-refractivity contribution in [3.8, 4) is 0 Å². The lowest BCUT2D eigenvalue weighted by Crippen LogP contribution is -2.34. The van der Waals surface area contributed by atoms with Crippen LogP contribution in [0.5, 0.6) is 0 Å². The van der Waals surface area contributed by atoms with E-state index >= 15 is 0 Å². The van der Waals surface area contributed by atoms with Crippen LogP contribution in [0.4, 0.5) is 0 Å². The molecule has 0 rings (SSSR count). The standard InChI is InChI=1S/C8H16N2O3/c1-6(2)3-7(8(9)12)4-10(13)5-11/h5-7,13H,3-4H2,1-2H3,(H2,9,12)/t7-/m0/s1. The van der Waals surface area contributed by atoms with Crippen molar-refractivity contribution in [2.24, 2.45) is 17.6 Å². The molecule has 0 saturated carbocycles. The highest BCUT2D eigenvalue weighted by molar-refractivity contribution is 5.77. The summed E-state index contributed by atoms with van der Waals surface area (Å²) in [4.78, 5) is 20.9. The molecule has 0 aliphatic carbocycles. The quantitative estimate of drug-likeness (QED) is 0.349. The topological polar surface area (TPSA) is 83.6 Å². The molecule has 13 heavy (non-hydrogen) atoms. The zero-order valence-electron chi connectivity index (χ0n) is 7.93. The highest BCUT2D eigenvalue weighted by Gasteiger charge is 2.19.